The van der Waals surface area contributed by atoms with E-state index in [1.54, 1.807) is 29.2 Å². The zero-order valence-corrected chi connectivity index (χ0v) is 18.9. The summed E-state index contributed by atoms with van der Waals surface area (Å²) >= 11 is 6.02. The van der Waals surface area contributed by atoms with Gasteiger partial charge in [-0.05, 0) is 43.3 Å². The van der Waals surface area contributed by atoms with Gasteiger partial charge < -0.3 is 15.4 Å². The summed E-state index contributed by atoms with van der Waals surface area (Å²) in [5, 5.41) is 18.4. The molecule has 0 fully saturated rings. The van der Waals surface area contributed by atoms with Crippen LogP contribution < -0.4 is 15.8 Å². The van der Waals surface area contributed by atoms with Gasteiger partial charge in [-0.15, -0.1) is 0 Å². The highest BCUT2D eigenvalue weighted by Gasteiger charge is 2.36. The molecule has 0 bridgehead atoms. The third kappa shape index (κ3) is 5.98. The summed E-state index contributed by atoms with van der Waals surface area (Å²) in [6.07, 6.45) is 1.82. The van der Waals surface area contributed by atoms with E-state index in [4.69, 9.17) is 17.3 Å². The Bertz CT molecular complexity index is 1100. The molecular weight excluding hydrogens is 468 g/mol. The lowest BCUT2D eigenvalue weighted by Gasteiger charge is -2.28. The number of rotatable bonds is 7. The quantitative estimate of drug-likeness (QED) is 0.267. The Balaban J connectivity index is 1.97. The molecule has 3 rings (SSSR count). The van der Waals surface area contributed by atoms with Gasteiger partial charge in [0, 0.05) is 17.1 Å². The number of hydrogen-bond acceptors (Lipinski definition) is 6. The van der Waals surface area contributed by atoms with Crippen LogP contribution in [0.1, 0.15) is 12.5 Å². The van der Waals surface area contributed by atoms with Crippen molar-refractivity contribution >= 4 is 34.9 Å². The van der Waals surface area contributed by atoms with Crippen molar-refractivity contribution in [2.24, 2.45) is 15.8 Å². The SMILES string of the molecule is CCN(C(=O)CN)C1CN(C(=Nc2ccc(OC(F)F)cc2)NC#N)N=C1c1ccc(Cl)cc1. The topological polar surface area (TPSA) is 119 Å². The van der Waals surface area contributed by atoms with Crippen LogP contribution in [0.15, 0.2) is 58.6 Å². The first kappa shape index (κ1) is 24.9. The van der Waals surface area contributed by atoms with E-state index in [1.165, 1.54) is 29.3 Å². The smallest absolute Gasteiger partial charge is 0.387 e. The highest BCUT2D eigenvalue weighted by molar-refractivity contribution is 6.30. The van der Waals surface area contributed by atoms with Crippen molar-refractivity contribution in [3.8, 4) is 11.9 Å². The van der Waals surface area contributed by atoms with Crippen molar-refractivity contribution in [2.45, 2.75) is 19.6 Å². The van der Waals surface area contributed by atoms with Gasteiger partial charge in [-0.2, -0.15) is 19.1 Å². The molecular formula is C22H22ClF2N7O2. The summed E-state index contributed by atoms with van der Waals surface area (Å²) in [7, 11) is 0. The van der Waals surface area contributed by atoms with Crippen LogP contribution in [0.2, 0.25) is 5.02 Å². The number of nitrogens with zero attached hydrogens (tertiary/aromatic N) is 5. The van der Waals surface area contributed by atoms with E-state index in [0.29, 0.717) is 23.0 Å². The number of nitrogens with two attached hydrogens (primary N) is 1. The summed E-state index contributed by atoms with van der Waals surface area (Å²) in [6.45, 7) is -0.669. The Labute approximate surface area is 200 Å². The molecule has 1 unspecified atom stereocenters. The Morgan fingerprint density at radius 3 is 2.59 bits per heavy atom. The minimum absolute atomic E-state index is 0.0214. The Morgan fingerprint density at radius 2 is 2.03 bits per heavy atom. The first-order chi connectivity index (χ1) is 16.4. The van der Waals surface area contributed by atoms with Crippen molar-refractivity contribution in [3.05, 3.63) is 59.1 Å². The molecule has 9 nitrogen and oxygen atoms in total. The maximum atomic E-state index is 12.5. The monoisotopic (exact) mass is 489 g/mol. The minimum atomic E-state index is -2.94. The lowest BCUT2D eigenvalue weighted by Crippen LogP contribution is -2.49. The van der Waals surface area contributed by atoms with Gasteiger partial charge in [0.2, 0.25) is 11.9 Å². The summed E-state index contributed by atoms with van der Waals surface area (Å²) in [5.74, 6) is -0.181. The normalized spacial score (nSPS) is 15.7. The molecule has 0 saturated heterocycles. The Morgan fingerprint density at radius 1 is 1.35 bits per heavy atom. The Kier molecular flexibility index (Phi) is 8.34. The van der Waals surface area contributed by atoms with Crippen LogP contribution in [0.3, 0.4) is 0 Å². The van der Waals surface area contributed by atoms with Crippen LogP contribution in [0, 0.1) is 11.5 Å². The number of nitrogens with one attached hydrogen (secondary N) is 1. The van der Waals surface area contributed by atoms with Crippen LogP contribution in [-0.2, 0) is 4.79 Å². The van der Waals surface area contributed by atoms with Crippen molar-refractivity contribution in [3.63, 3.8) is 0 Å². The highest BCUT2D eigenvalue weighted by atomic mass is 35.5. The van der Waals surface area contributed by atoms with E-state index in [-0.39, 0.29) is 30.7 Å². The summed E-state index contributed by atoms with van der Waals surface area (Å²) in [5.41, 5.74) is 7.30. The lowest BCUT2D eigenvalue weighted by atomic mass is 10.0. The van der Waals surface area contributed by atoms with Crippen LogP contribution in [0.5, 0.6) is 5.75 Å². The molecule has 1 heterocycles. The first-order valence-corrected chi connectivity index (χ1v) is 10.6. The number of amides is 1. The molecule has 12 heteroatoms. The number of halogens is 3. The number of aliphatic imine (C=N–C) groups is 1. The molecule has 1 aliphatic heterocycles. The number of carbonyl (C=O) groups excluding carboxylic acids is 1. The maximum absolute atomic E-state index is 12.5. The fraction of sp³-hybridized carbons (Fsp3) is 0.273. The van der Waals surface area contributed by atoms with E-state index in [2.05, 4.69) is 20.1 Å². The molecule has 3 N–H and O–H groups in total. The van der Waals surface area contributed by atoms with E-state index in [9.17, 15) is 18.8 Å². The predicted molar refractivity (Wildman–Crippen MR) is 124 cm³/mol. The standard InChI is InChI=1S/C22H22ClF2N7O2/c1-2-31(19(33)11-26)18-12-32(30-20(18)14-3-5-15(23)6-4-14)22(28-13-27)29-16-7-9-17(10-8-16)34-21(24)25/h3-10,18,21H,2,11-12,26H2,1H3,(H,28,29). The third-order valence-corrected chi connectivity index (χ3v) is 5.20. The number of carbonyl (C=O) groups is 1. The van der Waals surface area contributed by atoms with Gasteiger partial charge >= 0.3 is 6.61 Å². The molecule has 2 aromatic carbocycles. The van der Waals surface area contributed by atoms with Gasteiger partial charge in [-0.1, -0.05) is 23.7 Å². The zero-order valence-electron chi connectivity index (χ0n) is 18.2. The van der Waals surface area contributed by atoms with Crippen LogP contribution >= 0.6 is 11.6 Å². The molecule has 0 aliphatic carbocycles. The molecule has 0 aromatic heterocycles. The van der Waals surface area contributed by atoms with E-state index in [1.807, 2.05) is 13.1 Å². The van der Waals surface area contributed by atoms with Gasteiger partial charge in [0.15, 0.2) is 6.19 Å². The molecule has 0 saturated carbocycles. The van der Waals surface area contributed by atoms with Crippen molar-refractivity contribution in [1.82, 2.24) is 15.2 Å². The van der Waals surface area contributed by atoms with Crippen molar-refractivity contribution in [2.75, 3.05) is 19.6 Å². The van der Waals surface area contributed by atoms with E-state index < -0.39 is 12.7 Å². The fourth-order valence-electron chi connectivity index (χ4n) is 3.45. The van der Waals surface area contributed by atoms with Gasteiger partial charge in [-0.3, -0.25) is 10.1 Å². The zero-order chi connectivity index (χ0) is 24.7. The number of hydrazone groups is 1. The largest absolute Gasteiger partial charge is 0.435 e. The summed E-state index contributed by atoms with van der Waals surface area (Å²) < 4.78 is 29.1. The number of ether oxygens (including phenoxy) is 1. The van der Waals surface area contributed by atoms with Crippen molar-refractivity contribution in [1.29, 1.82) is 5.26 Å². The van der Waals surface area contributed by atoms with Crippen LogP contribution in [-0.4, -0.2) is 59.8 Å². The number of alkyl halides is 2. The molecule has 1 aliphatic rings. The minimum Gasteiger partial charge on any atom is -0.435 e. The average molecular weight is 490 g/mol. The fourth-order valence-corrected chi connectivity index (χ4v) is 3.58. The second-order valence-corrected chi connectivity index (χ2v) is 7.45. The summed E-state index contributed by atoms with van der Waals surface area (Å²) in [6, 6.07) is 12.1. The van der Waals surface area contributed by atoms with Gasteiger partial charge in [-0.25, -0.2) is 10.0 Å². The van der Waals surface area contributed by atoms with Gasteiger partial charge in [0.05, 0.1) is 30.5 Å². The second kappa shape index (κ2) is 11.4. The molecule has 0 radical (unpaired) electrons. The first-order valence-electron chi connectivity index (χ1n) is 10.3. The van der Waals surface area contributed by atoms with E-state index >= 15 is 0 Å². The second-order valence-electron chi connectivity index (χ2n) is 7.02. The lowest BCUT2D eigenvalue weighted by molar-refractivity contribution is -0.130. The van der Waals surface area contributed by atoms with Crippen molar-refractivity contribution < 1.29 is 18.3 Å². The number of guanidine groups is 1. The van der Waals surface area contributed by atoms with Gasteiger partial charge in [0.25, 0.3) is 0 Å². The number of benzene rings is 2. The molecule has 0 spiro atoms. The number of nitriles is 1. The molecule has 1 amide bonds. The summed E-state index contributed by atoms with van der Waals surface area (Å²) in [4.78, 5) is 18.5. The third-order valence-electron chi connectivity index (χ3n) is 4.95. The Hall–Kier alpha value is -3.75. The molecule has 1 atom stereocenters. The molecule has 34 heavy (non-hydrogen) atoms. The van der Waals surface area contributed by atoms with Gasteiger partial charge in [0.1, 0.15) is 5.75 Å². The maximum Gasteiger partial charge on any atom is 0.387 e. The number of likely N-dealkylation sites (N-methyl/N-ethyl adjacent to an activating group) is 1. The molecule has 178 valence electrons. The average Bonchev–Trinajstić information content (AvgIpc) is 3.25. The van der Waals surface area contributed by atoms with Crippen LogP contribution in [0.4, 0.5) is 14.5 Å². The molecule has 2 aromatic rings. The number of hydrogen-bond donors (Lipinski definition) is 2. The predicted octanol–water partition coefficient (Wildman–Crippen LogP) is 2.90. The van der Waals surface area contributed by atoms with Crippen LogP contribution in [0.25, 0.3) is 0 Å². The van der Waals surface area contributed by atoms with E-state index in [0.717, 1.165) is 5.56 Å². The highest BCUT2D eigenvalue weighted by Crippen LogP contribution is 2.24.